The van der Waals surface area contributed by atoms with E-state index in [-0.39, 0.29) is 35.6 Å². The zero-order valence-corrected chi connectivity index (χ0v) is 31.4. The normalized spacial score (nSPS) is 22.7. The number of allylic oxidation sites excluding steroid dienone is 8. The second kappa shape index (κ2) is 11.8. The molecule has 1 unspecified atom stereocenters. The molecule has 5 aliphatic carbocycles. The average molecular weight is 691 g/mol. The molecule has 0 bridgehead atoms. The minimum Gasteiger partial charge on any atom is -1.00 e. The molecule has 226 valence electrons. The van der Waals surface area contributed by atoms with E-state index in [1.807, 2.05) is 6.49 Å². The van der Waals surface area contributed by atoms with Crippen LogP contribution in [-0.4, -0.2) is 3.21 Å². The van der Waals surface area contributed by atoms with E-state index < -0.39 is 21.3 Å². The Morgan fingerprint density at radius 3 is 1.60 bits per heavy atom. The molecule has 0 N–H and O–H groups in total. The predicted molar refractivity (Wildman–Crippen MR) is 175 cm³/mol. The van der Waals surface area contributed by atoms with Crippen LogP contribution in [0.1, 0.15) is 137 Å². The molecule has 1 fully saturated rings. The van der Waals surface area contributed by atoms with E-state index in [0.29, 0.717) is 9.54 Å². The van der Waals surface area contributed by atoms with Gasteiger partial charge in [0.15, 0.2) is 0 Å². The minimum atomic E-state index is -2.31. The van der Waals surface area contributed by atoms with E-state index >= 15 is 0 Å². The Morgan fingerprint density at radius 2 is 1.16 bits per heavy atom. The molecule has 0 saturated heterocycles. The number of hydrogen-bond acceptors (Lipinski definition) is 0. The zero-order chi connectivity index (χ0) is 28.8. The molecule has 0 heterocycles. The van der Waals surface area contributed by atoms with Crippen molar-refractivity contribution in [3.63, 3.8) is 0 Å². The SMILES string of the molecule is CC1=CC(C)[C]([Zr+2](=[C]2CCCCC2)[CH]2c3cc4c(cc3-c3cc5c(cc32)C(C)(C)CC=C5C)C(C)=CCC4(C)C)=C1.[Cl-].[Cl-]. The molecule has 7 rings (SSSR count). The van der Waals surface area contributed by atoms with Gasteiger partial charge in [0.1, 0.15) is 0 Å². The van der Waals surface area contributed by atoms with Gasteiger partial charge in [0, 0.05) is 0 Å². The van der Waals surface area contributed by atoms with Gasteiger partial charge in [-0.25, -0.2) is 0 Å². The summed E-state index contributed by atoms with van der Waals surface area (Å²) in [7, 11) is 0. The van der Waals surface area contributed by atoms with Crippen LogP contribution in [0.3, 0.4) is 0 Å². The summed E-state index contributed by atoms with van der Waals surface area (Å²) in [6.07, 6.45) is 19.5. The van der Waals surface area contributed by atoms with Crippen molar-refractivity contribution < 1.29 is 46.1 Å². The van der Waals surface area contributed by atoms with Crippen molar-refractivity contribution in [2.45, 2.75) is 115 Å². The molecular weight excluding hydrogens is 643 g/mol. The van der Waals surface area contributed by atoms with Crippen LogP contribution in [0.25, 0.3) is 22.3 Å². The van der Waals surface area contributed by atoms with E-state index in [4.69, 9.17) is 0 Å². The topological polar surface area (TPSA) is 0 Å². The molecule has 3 heteroatoms. The van der Waals surface area contributed by atoms with E-state index in [0.717, 1.165) is 12.8 Å². The van der Waals surface area contributed by atoms with Crippen LogP contribution in [0, 0.1) is 5.92 Å². The molecule has 0 radical (unpaired) electrons. The van der Waals surface area contributed by atoms with Gasteiger partial charge in [-0.1, -0.05) is 0 Å². The maximum Gasteiger partial charge on any atom is -1.00 e. The number of benzene rings is 2. The number of rotatable bonds is 2. The molecular formula is C40H48Cl2Zr. The van der Waals surface area contributed by atoms with Gasteiger partial charge >= 0.3 is 258 Å². The molecule has 43 heavy (non-hydrogen) atoms. The van der Waals surface area contributed by atoms with Crippen molar-refractivity contribution >= 4 is 14.4 Å². The van der Waals surface area contributed by atoms with Gasteiger partial charge in [0.2, 0.25) is 0 Å². The van der Waals surface area contributed by atoms with Crippen LogP contribution in [0.15, 0.2) is 57.4 Å². The Hall–Kier alpha value is -1.27. The average Bonchev–Trinajstić information content (AvgIpc) is 3.44. The zero-order valence-electron chi connectivity index (χ0n) is 27.5. The van der Waals surface area contributed by atoms with Crippen LogP contribution in [0.5, 0.6) is 0 Å². The second-order valence-electron chi connectivity index (χ2n) is 15.2. The molecule has 0 spiro atoms. The van der Waals surface area contributed by atoms with Crippen LogP contribution >= 0.6 is 0 Å². The summed E-state index contributed by atoms with van der Waals surface area (Å²) >= 11 is -2.31. The van der Waals surface area contributed by atoms with Gasteiger partial charge in [-0.15, -0.1) is 0 Å². The minimum absolute atomic E-state index is 0. The van der Waals surface area contributed by atoms with Gasteiger partial charge in [-0.2, -0.15) is 0 Å². The van der Waals surface area contributed by atoms with Crippen molar-refractivity contribution in [1.82, 2.24) is 0 Å². The summed E-state index contributed by atoms with van der Waals surface area (Å²) in [5.41, 5.74) is 17.5. The first-order valence-corrected chi connectivity index (χ1v) is 20.2. The smallest absolute Gasteiger partial charge is 1.00 e. The molecule has 2 aromatic rings. The van der Waals surface area contributed by atoms with E-state index in [2.05, 4.69) is 104 Å². The molecule has 2 aromatic carbocycles. The Labute approximate surface area is 281 Å². The van der Waals surface area contributed by atoms with Crippen molar-refractivity contribution in [2.75, 3.05) is 0 Å². The summed E-state index contributed by atoms with van der Waals surface area (Å²) < 4.78 is 4.49. The third-order valence-corrected chi connectivity index (χ3v) is 20.3. The molecule has 0 aromatic heterocycles. The van der Waals surface area contributed by atoms with E-state index in [9.17, 15) is 0 Å². The largest absolute Gasteiger partial charge is 1.00 e. The van der Waals surface area contributed by atoms with E-state index in [1.54, 1.807) is 33.4 Å². The fourth-order valence-corrected chi connectivity index (χ4v) is 18.8. The number of fused-ring (bicyclic) bond motifs is 5. The third kappa shape index (κ3) is 5.36. The number of hydrogen-bond donors (Lipinski definition) is 0. The Bertz CT molecular complexity index is 1560. The van der Waals surface area contributed by atoms with Gasteiger partial charge in [-0.3, -0.25) is 0 Å². The molecule has 0 amide bonds. The summed E-state index contributed by atoms with van der Waals surface area (Å²) in [6.45, 7) is 19.4. The first-order valence-electron chi connectivity index (χ1n) is 16.3. The molecule has 0 aliphatic heterocycles. The molecule has 1 saturated carbocycles. The first kappa shape index (κ1) is 33.1. The maximum absolute atomic E-state index is 2.74. The molecule has 5 aliphatic rings. The summed E-state index contributed by atoms with van der Waals surface area (Å²) in [5.74, 6) is 0.602. The van der Waals surface area contributed by atoms with Crippen molar-refractivity contribution in [2.24, 2.45) is 5.92 Å². The van der Waals surface area contributed by atoms with Crippen molar-refractivity contribution in [3.05, 3.63) is 90.8 Å². The first-order chi connectivity index (χ1) is 19.5. The Balaban J connectivity index is 0.00000184. The van der Waals surface area contributed by atoms with E-state index in [1.165, 1.54) is 60.0 Å². The van der Waals surface area contributed by atoms with Crippen molar-refractivity contribution in [1.29, 1.82) is 0 Å². The number of halogens is 2. The van der Waals surface area contributed by atoms with Gasteiger partial charge < -0.3 is 24.8 Å². The van der Waals surface area contributed by atoms with Crippen LogP contribution in [0.2, 0.25) is 0 Å². The Kier molecular flexibility index (Phi) is 9.11. The van der Waals surface area contributed by atoms with Gasteiger partial charge in [0.25, 0.3) is 0 Å². The Morgan fingerprint density at radius 1 is 0.674 bits per heavy atom. The predicted octanol–water partition coefficient (Wildman–Crippen LogP) is 5.17. The summed E-state index contributed by atoms with van der Waals surface area (Å²) in [6, 6.07) is 10.8. The molecule has 0 nitrogen and oxygen atoms in total. The van der Waals surface area contributed by atoms with Crippen LogP contribution in [-0.2, 0) is 32.1 Å². The maximum atomic E-state index is 2.74. The summed E-state index contributed by atoms with van der Waals surface area (Å²) in [5, 5.41) is 0. The third-order valence-electron chi connectivity index (χ3n) is 11.3. The van der Waals surface area contributed by atoms with Gasteiger partial charge in [0.05, 0.1) is 0 Å². The fourth-order valence-electron chi connectivity index (χ4n) is 8.74. The monoisotopic (exact) mass is 688 g/mol. The quantitative estimate of drug-likeness (QED) is 0.409. The standard InChI is InChI=1S/C27H29.C7H9.C6H10.2ClH.Zr/c1-16-7-9-26(3,4)24-12-18-11-19-13-25-21(17(2)8-10-27(25,5)6)15-23(19)22(18)14-20(16)24;1-6-3-4-7(2)5-6;1-2-4-6-5-3-1;;;/h7-8,11-15H,9-10H2,1-6H3;3,5,7H,1-2H3;1-5H2;2*1H;/q;;;;;+2/p-2. The van der Waals surface area contributed by atoms with Crippen LogP contribution < -0.4 is 24.8 Å². The van der Waals surface area contributed by atoms with Crippen molar-refractivity contribution in [3.8, 4) is 11.1 Å². The van der Waals surface area contributed by atoms with Gasteiger partial charge in [-0.05, 0) is 0 Å². The second-order valence-corrected chi connectivity index (χ2v) is 21.8. The molecule has 1 atom stereocenters. The fraction of sp³-hybridized carbons (Fsp3) is 0.475. The van der Waals surface area contributed by atoms with Crippen LogP contribution in [0.4, 0.5) is 0 Å². The summed E-state index contributed by atoms with van der Waals surface area (Å²) in [4.78, 5) is 0.